The molecule has 8 heteroatoms. The fourth-order valence-corrected chi connectivity index (χ4v) is 2.90. The zero-order valence-corrected chi connectivity index (χ0v) is 16.4. The van der Waals surface area contributed by atoms with E-state index in [0.29, 0.717) is 10.0 Å². The molecular weight excluding hydrogens is 468 g/mol. The minimum absolute atomic E-state index is 0.206. The Morgan fingerprint density at radius 1 is 1.08 bits per heavy atom. The Morgan fingerprint density at radius 3 is 2.46 bits per heavy atom. The van der Waals surface area contributed by atoms with E-state index in [0.717, 1.165) is 10.2 Å². The standard InChI is InChI=1S/C18H12Br2N2O4/c19-12-1-4-14(5-2-12)22-9-11(8-21-22)18(25)15-7-13(20)3-6-16(15)26-10-17(23)24/h1-9H,10H2,(H,23,24). The first-order valence-corrected chi connectivity index (χ1v) is 9.02. The summed E-state index contributed by atoms with van der Waals surface area (Å²) in [5.74, 6) is -1.22. The minimum Gasteiger partial charge on any atom is -0.481 e. The molecular formula is C18H12Br2N2O4. The van der Waals surface area contributed by atoms with Crippen molar-refractivity contribution in [1.82, 2.24) is 9.78 Å². The first kappa shape index (κ1) is 18.3. The number of ether oxygens (including phenoxy) is 1. The van der Waals surface area contributed by atoms with Gasteiger partial charge in [-0.05, 0) is 42.5 Å². The molecule has 0 spiro atoms. The summed E-state index contributed by atoms with van der Waals surface area (Å²) in [6.07, 6.45) is 3.08. The van der Waals surface area contributed by atoms with Crippen molar-refractivity contribution >= 4 is 43.6 Å². The van der Waals surface area contributed by atoms with E-state index < -0.39 is 12.6 Å². The highest BCUT2D eigenvalue weighted by Crippen LogP contribution is 2.26. The van der Waals surface area contributed by atoms with E-state index in [-0.39, 0.29) is 17.1 Å². The van der Waals surface area contributed by atoms with Gasteiger partial charge < -0.3 is 9.84 Å². The van der Waals surface area contributed by atoms with Crippen LogP contribution in [0.1, 0.15) is 15.9 Å². The lowest BCUT2D eigenvalue weighted by atomic mass is 10.1. The van der Waals surface area contributed by atoms with Crippen molar-refractivity contribution < 1.29 is 19.4 Å². The molecule has 132 valence electrons. The first-order chi connectivity index (χ1) is 12.4. The summed E-state index contributed by atoms with van der Waals surface area (Å²) in [5, 5.41) is 13.0. The van der Waals surface area contributed by atoms with Crippen molar-refractivity contribution in [1.29, 1.82) is 0 Å². The minimum atomic E-state index is -1.12. The van der Waals surface area contributed by atoms with Gasteiger partial charge in [0.2, 0.25) is 0 Å². The van der Waals surface area contributed by atoms with E-state index in [2.05, 4.69) is 37.0 Å². The molecule has 1 heterocycles. The molecule has 0 unspecified atom stereocenters. The average Bonchev–Trinajstić information content (AvgIpc) is 3.10. The zero-order chi connectivity index (χ0) is 18.7. The third kappa shape index (κ3) is 4.20. The highest BCUT2D eigenvalue weighted by molar-refractivity contribution is 9.10. The number of hydrogen-bond donors (Lipinski definition) is 1. The third-order valence-corrected chi connectivity index (χ3v) is 4.50. The molecule has 0 bridgehead atoms. The van der Waals surface area contributed by atoms with E-state index >= 15 is 0 Å². The van der Waals surface area contributed by atoms with Gasteiger partial charge in [0.1, 0.15) is 5.75 Å². The summed E-state index contributed by atoms with van der Waals surface area (Å²) in [4.78, 5) is 23.6. The van der Waals surface area contributed by atoms with Crippen LogP contribution in [0.2, 0.25) is 0 Å². The molecule has 2 aromatic carbocycles. The second-order valence-corrected chi connectivity index (χ2v) is 7.13. The summed E-state index contributed by atoms with van der Waals surface area (Å²) < 4.78 is 8.45. The number of aliphatic carboxylic acids is 1. The molecule has 1 N–H and O–H groups in total. The van der Waals surface area contributed by atoms with E-state index in [1.807, 2.05) is 24.3 Å². The van der Waals surface area contributed by atoms with Crippen molar-refractivity contribution in [2.45, 2.75) is 0 Å². The number of benzene rings is 2. The molecule has 0 radical (unpaired) electrons. The molecule has 0 aliphatic heterocycles. The number of ketones is 1. The summed E-state index contributed by atoms with van der Waals surface area (Å²) in [5.41, 5.74) is 1.44. The van der Waals surface area contributed by atoms with Crippen LogP contribution in [0.15, 0.2) is 63.8 Å². The van der Waals surface area contributed by atoms with Gasteiger partial charge in [-0.1, -0.05) is 31.9 Å². The second kappa shape index (κ2) is 7.84. The lowest BCUT2D eigenvalue weighted by molar-refractivity contribution is -0.139. The van der Waals surface area contributed by atoms with Gasteiger partial charge in [-0.3, -0.25) is 4.79 Å². The Morgan fingerprint density at radius 2 is 1.77 bits per heavy atom. The Labute approximate surface area is 165 Å². The van der Waals surface area contributed by atoms with Gasteiger partial charge in [-0.15, -0.1) is 0 Å². The Hall–Kier alpha value is -2.45. The SMILES string of the molecule is O=C(O)COc1ccc(Br)cc1C(=O)c1cnn(-c2ccc(Br)cc2)c1. The average molecular weight is 480 g/mol. The van der Waals surface area contributed by atoms with E-state index in [1.165, 1.54) is 6.20 Å². The molecule has 3 rings (SSSR count). The summed E-state index contributed by atoms with van der Waals surface area (Å²) in [6, 6.07) is 12.3. The smallest absolute Gasteiger partial charge is 0.341 e. The lowest BCUT2D eigenvalue weighted by Crippen LogP contribution is -2.12. The maximum Gasteiger partial charge on any atom is 0.341 e. The molecule has 0 saturated carbocycles. The number of rotatable bonds is 6. The molecule has 0 amide bonds. The third-order valence-electron chi connectivity index (χ3n) is 3.47. The lowest BCUT2D eigenvalue weighted by Gasteiger charge is -2.09. The van der Waals surface area contributed by atoms with Crippen LogP contribution in [0.4, 0.5) is 0 Å². The van der Waals surface area contributed by atoms with Gasteiger partial charge in [0, 0.05) is 15.1 Å². The number of carboxylic acids is 1. The molecule has 26 heavy (non-hydrogen) atoms. The number of carboxylic acid groups (broad SMARTS) is 1. The molecule has 3 aromatic rings. The maximum absolute atomic E-state index is 12.9. The summed E-state index contributed by atoms with van der Waals surface area (Å²) in [6.45, 7) is -0.528. The fraction of sp³-hybridized carbons (Fsp3) is 0.0556. The van der Waals surface area contributed by atoms with E-state index in [9.17, 15) is 9.59 Å². The van der Waals surface area contributed by atoms with Crippen LogP contribution in [0.5, 0.6) is 5.75 Å². The monoisotopic (exact) mass is 478 g/mol. The number of carbonyl (C=O) groups excluding carboxylic acids is 1. The molecule has 0 atom stereocenters. The molecule has 6 nitrogen and oxygen atoms in total. The van der Waals surface area contributed by atoms with Crippen molar-refractivity contribution in [3.63, 3.8) is 0 Å². The molecule has 0 aliphatic rings. The molecule has 0 saturated heterocycles. The highest BCUT2D eigenvalue weighted by atomic mass is 79.9. The fourth-order valence-electron chi connectivity index (χ4n) is 2.28. The van der Waals surface area contributed by atoms with Crippen molar-refractivity contribution in [3.8, 4) is 11.4 Å². The number of carbonyl (C=O) groups is 2. The predicted molar refractivity (Wildman–Crippen MR) is 102 cm³/mol. The highest BCUT2D eigenvalue weighted by Gasteiger charge is 2.18. The first-order valence-electron chi connectivity index (χ1n) is 7.43. The predicted octanol–water partition coefficient (Wildman–Crippen LogP) is 4.09. The van der Waals surface area contributed by atoms with Gasteiger partial charge in [0.15, 0.2) is 12.4 Å². The van der Waals surface area contributed by atoms with Gasteiger partial charge in [0.05, 0.1) is 23.0 Å². The van der Waals surface area contributed by atoms with Gasteiger partial charge in [0.25, 0.3) is 0 Å². The molecule has 0 aliphatic carbocycles. The van der Waals surface area contributed by atoms with E-state index in [4.69, 9.17) is 9.84 Å². The Bertz CT molecular complexity index is 968. The molecule has 1 aromatic heterocycles. The number of halogens is 2. The Balaban J connectivity index is 1.91. The van der Waals surface area contributed by atoms with Gasteiger partial charge in [-0.25, -0.2) is 9.48 Å². The normalized spacial score (nSPS) is 10.5. The van der Waals surface area contributed by atoms with Crippen molar-refractivity contribution in [2.75, 3.05) is 6.61 Å². The largest absolute Gasteiger partial charge is 0.481 e. The van der Waals surface area contributed by atoms with Crippen LogP contribution in [0, 0.1) is 0 Å². The number of aromatic nitrogens is 2. The topological polar surface area (TPSA) is 81.4 Å². The number of hydrogen-bond acceptors (Lipinski definition) is 4. The summed E-state index contributed by atoms with van der Waals surface area (Å²) in [7, 11) is 0. The number of nitrogens with zero attached hydrogens (tertiary/aromatic N) is 2. The summed E-state index contributed by atoms with van der Waals surface area (Å²) >= 11 is 6.69. The van der Waals surface area contributed by atoms with Crippen LogP contribution < -0.4 is 4.74 Å². The van der Waals surface area contributed by atoms with Crippen molar-refractivity contribution in [3.05, 3.63) is 74.9 Å². The van der Waals surface area contributed by atoms with Crippen molar-refractivity contribution in [2.24, 2.45) is 0 Å². The van der Waals surface area contributed by atoms with Crippen LogP contribution in [-0.4, -0.2) is 33.2 Å². The molecule has 0 fully saturated rings. The van der Waals surface area contributed by atoms with E-state index in [1.54, 1.807) is 29.1 Å². The van der Waals surface area contributed by atoms with Crippen LogP contribution in [-0.2, 0) is 4.79 Å². The Kier molecular flexibility index (Phi) is 5.53. The zero-order valence-electron chi connectivity index (χ0n) is 13.2. The van der Waals surface area contributed by atoms with Gasteiger partial charge >= 0.3 is 5.97 Å². The van der Waals surface area contributed by atoms with Gasteiger partial charge in [-0.2, -0.15) is 5.10 Å². The van der Waals surface area contributed by atoms with Crippen LogP contribution in [0.25, 0.3) is 5.69 Å². The maximum atomic E-state index is 12.9. The van der Waals surface area contributed by atoms with Crippen LogP contribution in [0.3, 0.4) is 0 Å². The second-order valence-electron chi connectivity index (χ2n) is 5.30. The quantitative estimate of drug-likeness (QED) is 0.538. The van der Waals surface area contributed by atoms with Crippen LogP contribution >= 0.6 is 31.9 Å².